The quantitative estimate of drug-likeness (QED) is 0.509. The summed E-state index contributed by atoms with van der Waals surface area (Å²) in [5.41, 5.74) is 1.76. The molecule has 6 heteroatoms. The Bertz CT molecular complexity index is 821. The number of rotatable bonds is 3. The van der Waals surface area contributed by atoms with E-state index < -0.39 is 11.1 Å². The fourth-order valence-electron chi connectivity index (χ4n) is 2.26. The Morgan fingerprint density at radius 3 is 2.45 bits per heavy atom. The molecule has 1 atom stereocenters. The monoisotopic (exact) mass is 321 g/mol. The maximum atomic E-state index is 11.5. The Morgan fingerprint density at radius 2 is 1.82 bits per heavy atom. The van der Waals surface area contributed by atoms with Crippen molar-refractivity contribution >= 4 is 21.9 Å². The SMILES string of the molecule is COc1ccc(-c2cc(S(=O)[O-])c3ccncc3c2)cc1.[Na+]. The van der Waals surface area contributed by atoms with Crippen molar-refractivity contribution in [1.82, 2.24) is 4.98 Å². The van der Waals surface area contributed by atoms with Gasteiger partial charge >= 0.3 is 29.6 Å². The van der Waals surface area contributed by atoms with Crippen LogP contribution in [0, 0.1) is 0 Å². The van der Waals surface area contributed by atoms with E-state index in [1.165, 1.54) is 0 Å². The first kappa shape index (κ1) is 17.1. The van der Waals surface area contributed by atoms with Crippen molar-refractivity contribution in [2.45, 2.75) is 4.90 Å². The molecule has 2 aromatic carbocycles. The number of benzene rings is 2. The van der Waals surface area contributed by atoms with Crippen molar-refractivity contribution in [3.8, 4) is 16.9 Å². The van der Waals surface area contributed by atoms with Gasteiger partial charge in [0.05, 0.1) is 7.11 Å². The Balaban J connectivity index is 0.00000176. The first-order chi connectivity index (χ1) is 10.2. The number of methoxy groups -OCH3 is 1. The van der Waals surface area contributed by atoms with Gasteiger partial charge in [0, 0.05) is 22.7 Å². The zero-order valence-corrected chi connectivity index (χ0v) is 15.1. The molecule has 1 unspecified atom stereocenters. The summed E-state index contributed by atoms with van der Waals surface area (Å²) in [5, 5.41) is 1.47. The molecule has 22 heavy (non-hydrogen) atoms. The van der Waals surface area contributed by atoms with Gasteiger partial charge in [-0.15, -0.1) is 0 Å². The van der Waals surface area contributed by atoms with Crippen molar-refractivity contribution in [1.29, 1.82) is 0 Å². The van der Waals surface area contributed by atoms with E-state index in [0.717, 1.165) is 22.3 Å². The van der Waals surface area contributed by atoms with Crippen LogP contribution >= 0.6 is 0 Å². The molecule has 1 aromatic heterocycles. The Morgan fingerprint density at radius 1 is 1.09 bits per heavy atom. The molecule has 106 valence electrons. The topological polar surface area (TPSA) is 62.2 Å². The Hall–Kier alpha value is -1.24. The molecule has 0 N–H and O–H groups in total. The van der Waals surface area contributed by atoms with Crippen LogP contribution in [-0.2, 0) is 11.1 Å². The van der Waals surface area contributed by atoms with E-state index in [0.29, 0.717) is 5.39 Å². The summed E-state index contributed by atoms with van der Waals surface area (Å²) in [7, 11) is 1.61. The van der Waals surface area contributed by atoms with Gasteiger partial charge in [0.25, 0.3) is 0 Å². The van der Waals surface area contributed by atoms with E-state index in [1.807, 2.05) is 30.3 Å². The summed E-state index contributed by atoms with van der Waals surface area (Å²) in [6.45, 7) is 0. The number of aromatic nitrogens is 1. The van der Waals surface area contributed by atoms with Gasteiger partial charge in [0.1, 0.15) is 5.75 Å². The summed E-state index contributed by atoms with van der Waals surface area (Å²) in [4.78, 5) is 4.33. The van der Waals surface area contributed by atoms with Crippen molar-refractivity contribution in [3.05, 3.63) is 54.9 Å². The summed E-state index contributed by atoms with van der Waals surface area (Å²) >= 11 is -2.30. The minimum Gasteiger partial charge on any atom is -0.768 e. The summed E-state index contributed by atoms with van der Waals surface area (Å²) in [5.74, 6) is 0.758. The van der Waals surface area contributed by atoms with Gasteiger partial charge in [-0.25, -0.2) is 0 Å². The van der Waals surface area contributed by atoms with Crippen LogP contribution in [0.15, 0.2) is 59.8 Å². The molecule has 0 saturated carbocycles. The molecule has 3 rings (SSSR count). The van der Waals surface area contributed by atoms with Gasteiger partial charge in [-0.1, -0.05) is 12.1 Å². The first-order valence-electron chi connectivity index (χ1n) is 6.30. The molecular weight excluding hydrogens is 309 g/mol. The second-order valence-corrected chi connectivity index (χ2v) is 5.44. The summed E-state index contributed by atoms with van der Waals surface area (Å²) < 4.78 is 28.0. The van der Waals surface area contributed by atoms with Crippen LogP contribution in [0.1, 0.15) is 0 Å². The number of fused-ring (bicyclic) bond motifs is 1. The van der Waals surface area contributed by atoms with Crippen LogP contribution in [0.2, 0.25) is 0 Å². The summed E-state index contributed by atoms with van der Waals surface area (Å²) in [6, 6.07) is 12.8. The van der Waals surface area contributed by atoms with Gasteiger partial charge in [-0.3, -0.25) is 9.19 Å². The van der Waals surface area contributed by atoms with Gasteiger partial charge in [0.15, 0.2) is 0 Å². The molecule has 0 aliphatic carbocycles. The average molecular weight is 321 g/mol. The van der Waals surface area contributed by atoms with Crippen LogP contribution in [0.4, 0.5) is 0 Å². The number of hydrogen-bond donors (Lipinski definition) is 0. The van der Waals surface area contributed by atoms with Crippen LogP contribution in [0.5, 0.6) is 5.75 Å². The normalized spacial score (nSPS) is 11.7. The molecule has 0 saturated heterocycles. The standard InChI is InChI=1S/C16H13NO3S.Na/c1-20-14-4-2-11(3-5-14)12-8-13-10-17-7-6-15(13)16(9-12)21(18)19;/h2-10H,1H3,(H,18,19);/q;+1/p-1. The van der Waals surface area contributed by atoms with E-state index in [9.17, 15) is 8.76 Å². The largest absolute Gasteiger partial charge is 1.00 e. The number of ether oxygens (including phenoxy) is 1. The number of hydrogen-bond acceptors (Lipinski definition) is 4. The third kappa shape index (κ3) is 3.39. The molecule has 0 bridgehead atoms. The molecule has 0 aliphatic rings. The maximum absolute atomic E-state index is 11.5. The van der Waals surface area contributed by atoms with Crippen LogP contribution in [0.25, 0.3) is 21.9 Å². The van der Waals surface area contributed by atoms with E-state index in [-0.39, 0.29) is 34.5 Å². The van der Waals surface area contributed by atoms with Crippen molar-refractivity contribution < 1.29 is 43.1 Å². The fraction of sp³-hybridized carbons (Fsp3) is 0.0625. The van der Waals surface area contributed by atoms with Crippen molar-refractivity contribution in [2.75, 3.05) is 7.11 Å². The molecule has 0 aliphatic heterocycles. The molecule has 0 spiro atoms. The molecule has 1 heterocycles. The van der Waals surface area contributed by atoms with Gasteiger partial charge < -0.3 is 9.29 Å². The molecule has 0 fully saturated rings. The fourth-order valence-corrected chi connectivity index (χ4v) is 2.85. The van der Waals surface area contributed by atoms with Gasteiger partial charge in [0.2, 0.25) is 0 Å². The van der Waals surface area contributed by atoms with E-state index in [1.54, 1.807) is 31.6 Å². The number of pyridine rings is 1. The molecule has 4 nitrogen and oxygen atoms in total. The third-order valence-corrected chi connectivity index (χ3v) is 4.01. The van der Waals surface area contributed by atoms with Crippen molar-refractivity contribution in [2.24, 2.45) is 0 Å². The smallest absolute Gasteiger partial charge is 0.768 e. The van der Waals surface area contributed by atoms with E-state index >= 15 is 0 Å². The minimum atomic E-state index is -2.30. The maximum Gasteiger partial charge on any atom is 1.00 e. The average Bonchev–Trinajstić information content (AvgIpc) is 2.53. The predicted octanol–water partition coefficient (Wildman–Crippen LogP) is 0.152. The van der Waals surface area contributed by atoms with E-state index in [4.69, 9.17) is 4.74 Å². The predicted molar refractivity (Wildman–Crippen MR) is 80.9 cm³/mol. The molecule has 0 amide bonds. The van der Waals surface area contributed by atoms with Crippen LogP contribution in [0.3, 0.4) is 0 Å². The van der Waals surface area contributed by atoms with Gasteiger partial charge in [-0.05, 0) is 57.9 Å². The van der Waals surface area contributed by atoms with E-state index in [2.05, 4.69) is 4.98 Å². The van der Waals surface area contributed by atoms with Gasteiger partial charge in [-0.2, -0.15) is 0 Å². The number of nitrogens with zero attached hydrogens (tertiary/aromatic N) is 1. The zero-order chi connectivity index (χ0) is 14.8. The Labute approximate surface area is 153 Å². The Kier molecular flexibility index (Phi) is 5.72. The second kappa shape index (κ2) is 7.35. The first-order valence-corrected chi connectivity index (χ1v) is 7.38. The minimum absolute atomic E-state index is 0. The second-order valence-electron chi connectivity index (χ2n) is 4.53. The molecular formula is C16H12NNaO3S. The van der Waals surface area contributed by atoms with Crippen molar-refractivity contribution in [3.63, 3.8) is 0 Å². The molecule has 0 radical (unpaired) electrons. The summed E-state index contributed by atoms with van der Waals surface area (Å²) in [6.07, 6.45) is 3.25. The third-order valence-electron chi connectivity index (χ3n) is 3.32. The molecule has 3 aromatic rings. The van der Waals surface area contributed by atoms with Crippen LogP contribution in [-0.4, -0.2) is 20.9 Å². The van der Waals surface area contributed by atoms with Crippen LogP contribution < -0.4 is 34.3 Å². The zero-order valence-electron chi connectivity index (χ0n) is 12.3.